The molecular formula is C18H7Cl6N3O3. The number of ether oxygens (including phenoxy) is 2. The predicted molar refractivity (Wildman–Crippen MR) is 118 cm³/mol. The summed E-state index contributed by atoms with van der Waals surface area (Å²) in [6, 6.07) is 10.1. The number of hydrogen-bond acceptors (Lipinski definition) is 5. The van der Waals surface area contributed by atoms with Crippen LogP contribution in [0.1, 0.15) is 0 Å². The van der Waals surface area contributed by atoms with E-state index in [0.29, 0.717) is 10.6 Å². The van der Waals surface area contributed by atoms with Gasteiger partial charge in [0, 0.05) is 6.07 Å². The minimum Gasteiger partial charge on any atom is -0.452 e. The molecule has 30 heavy (non-hydrogen) atoms. The standard InChI is InChI=1S/C18H7Cl6N3O3/c19-8-6-9(11(21)12(22)10(8)20)30-18-15-16(27(28)26-25-15)13(23)14(24)17(18)29-7-4-2-1-3-5-7/h1-6,28H. The van der Waals surface area contributed by atoms with Crippen molar-refractivity contribution >= 4 is 80.6 Å². The van der Waals surface area contributed by atoms with Crippen molar-refractivity contribution in [2.24, 2.45) is 0 Å². The average Bonchev–Trinajstić information content (AvgIpc) is 3.13. The first-order valence-corrected chi connectivity index (χ1v) is 10.3. The Morgan fingerprint density at radius 1 is 0.767 bits per heavy atom. The van der Waals surface area contributed by atoms with Gasteiger partial charge in [-0.3, -0.25) is 0 Å². The third kappa shape index (κ3) is 3.68. The molecule has 0 unspecified atom stereocenters. The molecule has 0 aliphatic carbocycles. The molecule has 0 saturated heterocycles. The SMILES string of the molecule is On1nnc2c(Oc3cc(Cl)c(Cl)c(Cl)c3Cl)c(Oc3ccccc3)c(Cl)c(Cl)c21. The Balaban J connectivity index is 1.96. The van der Waals surface area contributed by atoms with Crippen LogP contribution in [-0.4, -0.2) is 20.4 Å². The number of rotatable bonds is 4. The van der Waals surface area contributed by atoms with E-state index in [0.717, 1.165) is 0 Å². The Morgan fingerprint density at radius 2 is 1.47 bits per heavy atom. The molecule has 0 amide bonds. The van der Waals surface area contributed by atoms with Gasteiger partial charge in [-0.1, -0.05) is 92.6 Å². The first-order valence-electron chi connectivity index (χ1n) is 7.99. The summed E-state index contributed by atoms with van der Waals surface area (Å²) in [6.45, 7) is 0. The van der Waals surface area contributed by atoms with Gasteiger partial charge in [-0.25, -0.2) is 0 Å². The number of halogens is 6. The van der Waals surface area contributed by atoms with Crippen molar-refractivity contribution < 1.29 is 14.7 Å². The molecule has 0 aliphatic heterocycles. The van der Waals surface area contributed by atoms with E-state index in [-0.39, 0.29) is 58.4 Å². The molecule has 4 aromatic rings. The fourth-order valence-electron chi connectivity index (χ4n) is 2.56. The van der Waals surface area contributed by atoms with Crippen molar-refractivity contribution in [3.63, 3.8) is 0 Å². The summed E-state index contributed by atoms with van der Waals surface area (Å²) >= 11 is 37.2. The second kappa shape index (κ2) is 8.38. The van der Waals surface area contributed by atoms with Crippen LogP contribution in [0.25, 0.3) is 11.0 Å². The molecule has 6 nitrogen and oxygen atoms in total. The van der Waals surface area contributed by atoms with Gasteiger partial charge in [-0.15, -0.1) is 5.10 Å². The predicted octanol–water partition coefficient (Wildman–Crippen LogP) is 8.17. The maximum atomic E-state index is 9.98. The van der Waals surface area contributed by atoms with E-state index < -0.39 is 0 Å². The van der Waals surface area contributed by atoms with Gasteiger partial charge in [-0.2, -0.15) is 0 Å². The highest BCUT2D eigenvalue weighted by molar-refractivity contribution is 6.52. The molecule has 1 aromatic heterocycles. The summed E-state index contributed by atoms with van der Waals surface area (Å²) in [7, 11) is 0. The van der Waals surface area contributed by atoms with Crippen LogP contribution in [0, 0.1) is 0 Å². The molecule has 0 radical (unpaired) electrons. The van der Waals surface area contributed by atoms with Gasteiger partial charge in [0.1, 0.15) is 21.5 Å². The molecule has 0 spiro atoms. The zero-order valence-electron chi connectivity index (χ0n) is 14.3. The summed E-state index contributed by atoms with van der Waals surface area (Å²) in [5, 5.41) is 17.5. The number of benzene rings is 3. The van der Waals surface area contributed by atoms with Crippen molar-refractivity contribution in [3.8, 4) is 23.0 Å². The largest absolute Gasteiger partial charge is 0.452 e. The maximum absolute atomic E-state index is 9.98. The van der Waals surface area contributed by atoms with Gasteiger partial charge >= 0.3 is 0 Å². The van der Waals surface area contributed by atoms with Crippen molar-refractivity contribution in [1.29, 1.82) is 0 Å². The van der Waals surface area contributed by atoms with Gasteiger partial charge in [0.2, 0.25) is 5.75 Å². The summed E-state index contributed by atoms with van der Waals surface area (Å²) in [5.74, 6) is 0.467. The van der Waals surface area contributed by atoms with Crippen molar-refractivity contribution in [2.45, 2.75) is 0 Å². The first-order chi connectivity index (χ1) is 14.3. The lowest BCUT2D eigenvalue weighted by Crippen LogP contribution is -1.97. The Bertz CT molecular complexity index is 1280. The normalized spacial score (nSPS) is 11.1. The van der Waals surface area contributed by atoms with E-state index in [4.69, 9.17) is 79.1 Å². The monoisotopic (exact) mass is 523 g/mol. The second-order valence-corrected chi connectivity index (χ2v) is 8.07. The molecule has 1 N–H and O–H groups in total. The van der Waals surface area contributed by atoms with Crippen molar-refractivity contribution in [2.75, 3.05) is 0 Å². The van der Waals surface area contributed by atoms with Crippen molar-refractivity contribution in [1.82, 2.24) is 15.2 Å². The molecule has 12 heteroatoms. The molecule has 4 rings (SSSR count). The number of fused-ring (bicyclic) bond motifs is 1. The topological polar surface area (TPSA) is 69.4 Å². The van der Waals surface area contributed by atoms with Gasteiger partial charge < -0.3 is 14.7 Å². The number of nitrogens with zero attached hydrogens (tertiary/aromatic N) is 3. The third-order valence-corrected chi connectivity index (χ3v) is 6.48. The van der Waals surface area contributed by atoms with Gasteiger partial charge in [0.15, 0.2) is 16.8 Å². The van der Waals surface area contributed by atoms with Gasteiger partial charge in [0.25, 0.3) is 0 Å². The second-order valence-electron chi connectivity index (χ2n) is 5.78. The van der Waals surface area contributed by atoms with Crippen LogP contribution < -0.4 is 9.47 Å². The minimum atomic E-state index is -0.0529. The van der Waals surface area contributed by atoms with Gasteiger partial charge in [0.05, 0.1) is 20.1 Å². The number of aromatic nitrogens is 3. The lowest BCUT2D eigenvalue weighted by molar-refractivity contribution is 0.155. The highest BCUT2D eigenvalue weighted by Crippen LogP contribution is 2.51. The van der Waals surface area contributed by atoms with Crippen LogP contribution >= 0.6 is 69.6 Å². The van der Waals surface area contributed by atoms with E-state index in [1.807, 2.05) is 6.07 Å². The Hall–Kier alpha value is -1.80. The Morgan fingerprint density at radius 3 is 2.17 bits per heavy atom. The highest BCUT2D eigenvalue weighted by Gasteiger charge is 2.27. The lowest BCUT2D eigenvalue weighted by Gasteiger charge is -2.17. The maximum Gasteiger partial charge on any atom is 0.201 e. The average molecular weight is 526 g/mol. The molecule has 0 saturated carbocycles. The Kier molecular flexibility index (Phi) is 5.99. The number of hydrogen-bond donors (Lipinski definition) is 1. The fourth-order valence-corrected chi connectivity index (χ4v) is 3.84. The van der Waals surface area contributed by atoms with E-state index in [1.54, 1.807) is 24.3 Å². The number of para-hydroxylation sites is 1. The third-order valence-electron chi connectivity index (χ3n) is 3.92. The Labute approximate surface area is 199 Å². The molecule has 0 fully saturated rings. The van der Waals surface area contributed by atoms with Crippen LogP contribution in [0.15, 0.2) is 36.4 Å². The van der Waals surface area contributed by atoms with Crippen LogP contribution in [0.3, 0.4) is 0 Å². The molecule has 0 bridgehead atoms. The fraction of sp³-hybridized carbons (Fsp3) is 0. The molecule has 1 heterocycles. The summed E-state index contributed by atoms with van der Waals surface area (Å²) < 4.78 is 11.8. The smallest absolute Gasteiger partial charge is 0.201 e. The zero-order chi connectivity index (χ0) is 21.6. The van der Waals surface area contributed by atoms with E-state index in [9.17, 15) is 5.21 Å². The summed E-state index contributed by atoms with van der Waals surface area (Å²) in [6.07, 6.45) is 0. The summed E-state index contributed by atoms with van der Waals surface area (Å²) in [5.41, 5.74) is 0.0513. The van der Waals surface area contributed by atoms with E-state index >= 15 is 0 Å². The van der Waals surface area contributed by atoms with Crippen LogP contribution in [-0.2, 0) is 0 Å². The van der Waals surface area contributed by atoms with Crippen LogP contribution in [0.2, 0.25) is 30.1 Å². The minimum absolute atomic E-state index is 0.000594. The molecule has 154 valence electrons. The van der Waals surface area contributed by atoms with E-state index in [2.05, 4.69) is 10.3 Å². The van der Waals surface area contributed by atoms with E-state index in [1.165, 1.54) is 6.07 Å². The molecule has 0 aliphatic rings. The molecule has 3 aromatic carbocycles. The molecule has 0 atom stereocenters. The zero-order valence-corrected chi connectivity index (χ0v) is 18.9. The van der Waals surface area contributed by atoms with Crippen LogP contribution in [0.4, 0.5) is 0 Å². The first kappa shape index (κ1) is 21.4. The van der Waals surface area contributed by atoms with Crippen LogP contribution in [0.5, 0.6) is 23.0 Å². The molecular weight excluding hydrogens is 519 g/mol. The quantitative estimate of drug-likeness (QED) is 0.165. The lowest BCUT2D eigenvalue weighted by atomic mass is 10.2. The summed E-state index contributed by atoms with van der Waals surface area (Å²) in [4.78, 5) is 0.464. The highest BCUT2D eigenvalue weighted by atomic mass is 35.5. The van der Waals surface area contributed by atoms with Gasteiger partial charge in [-0.05, 0) is 17.3 Å². The van der Waals surface area contributed by atoms with Crippen molar-refractivity contribution in [3.05, 3.63) is 66.5 Å².